The Bertz CT molecular complexity index is 599. The van der Waals surface area contributed by atoms with E-state index < -0.39 is 6.10 Å². The molecular weight excluding hydrogens is 300 g/mol. The van der Waals surface area contributed by atoms with Gasteiger partial charge in [-0.1, -0.05) is 67.6 Å². The van der Waals surface area contributed by atoms with Gasteiger partial charge in [0.05, 0.1) is 25.4 Å². The van der Waals surface area contributed by atoms with Gasteiger partial charge in [0, 0.05) is 0 Å². The van der Waals surface area contributed by atoms with Crippen LogP contribution in [0.1, 0.15) is 30.9 Å². The Balaban J connectivity index is 1.61. The van der Waals surface area contributed by atoms with Gasteiger partial charge in [-0.25, -0.2) is 0 Å². The van der Waals surface area contributed by atoms with Crippen molar-refractivity contribution in [1.29, 1.82) is 0 Å². The molecule has 0 heterocycles. The standard InChI is InChI=1S/C21H26O3/c1-16-12-19(22)21(24-15-18-10-6-3-7-11-18)20(13-16)23-14-17-8-4-2-5-9-17/h2-11,16,19-22H,12-15H2,1H3. The molecular formula is C21H26O3. The van der Waals surface area contributed by atoms with E-state index >= 15 is 0 Å². The average Bonchev–Trinajstić information content (AvgIpc) is 2.61. The van der Waals surface area contributed by atoms with Crippen molar-refractivity contribution in [2.75, 3.05) is 0 Å². The third kappa shape index (κ3) is 4.67. The van der Waals surface area contributed by atoms with E-state index in [2.05, 4.69) is 19.1 Å². The van der Waals surface area contributed by atoms with Gasteiger partial charge in [0.15, 0.2) is 0 Å². The van der Waals surface area contributed by atoms with Crippen molar-refractivity contribution in [3.8, 4) is 0 Å². The normalized spacial score (nSPS) is 27.1. The summed E-state index contributed by atoms with van der Waals surface area (Å²) in [4.78, 5) is 0. The van der Waals surface area contributed by atoms with Crippen molar-refractivity contribution >= 4 is 0 Å². The number of benzene rings is 2. The van der Waals surface area contributed by atoms with Crippen LogP contribution in [0.25, 0.3) is 0 Å². The van der Waals surface area contributed by atoms with E-state index in [1.807, 2.05) is 48.5 Å². The second kappa shape index (κ2) is 8.43. The van der Waals surface area contributed by atoms with Gasteiger partial charge in [-0.15, -0.1) is 0 Å². The molecule has 0 radical (unpaired) electrons. The first kappa shape index (κ1) is 17.2. The lowest BCUT2D eigenvalue weighted by molar-refractivity contribution is -0.159. The van der Waals surface area contributed by atoms with Gasteiger partial charge in [0.25, 0.3) is 0 Å². The van der Waals surface area contributed by atoms with E-state index in [9.17, 15) is 5.11 Å². The van der Waals surface area contributed by atoms with E-state index in [1.165, 1.54) is 0 Å². The number of rotatable bonds is 6. The number of aliphatic hydroxyl groups is 1. The van der Waals surface area contributed by atoms with Crippen LogP contribution in [-0.4, -0.2) is 23.4 Å². The van der Waals surface area contributed by atoms with Gasteiger partial charge >= 0.3 is 0 Å². The summed E-state index contributed by atoms with van der Waals surface area (Å²) in [7, 11) is 0. The molecule has 4 atom stereocenters. The maximum atomic E-state index is 10.5. The highest BCUT2D eigenvalue weighted by Crippen LogP contribution is 2.30. The first-order valence-electron chi connectivity index (χ1n) is 8.71. The number of ether oxygens (including phenoxy) is 2. The van der Waals surface area contributed by atoms with E-state index in [4.69, 9.17) is 9.47 Å². The molecule has 1 saturated carbocycles. The Morgan fingerprint density at radius 2 is 1.38 bits per heavy atom. The van der Waals surface area contributed by atoms with Crippen LogP contribution in [0.5, 0.6) is 0 Å². The largest absolute Gasteiger partial charge is 0.390 e. The SMILES string of the molecule is CC1CC(O)C(OCc2ccccc2)C(OCc2ccccc2)C1. The molecule has 3 heteroatoms. The summed E-state index contributed by atoms with van der Waals surface area (Å²) in [6.07, 6.45) is 0.865. The van der Waals surface area contributed by atoms with Crippen LogP contribution in [0.3, 0.4) is 0 Å². The molecule has 4 unspecified atom stereocenters. The summed E-state index contributed by atoms with van der Waals surface area (Å²) in [5.41, 5.74) is 2.26. The molecule has 2 aromatic carbocycles. The zero-order chi connectivity index (χ0) is 16.8. The molecule has 2 aromatic rings. The molecule has 0 spiro atoms. The van der Waals surface area contributed by atoms with Gasteiger partial charge in [0.1, 0.15) is 6.10 Å². The highest BCUT2D eigenvalue weighted by atomic mass is 16.5. The molecule has 3 rings (SSSR count). The molecule has 0 aliphatic heterocycles. The smallest absolute Gasteiger partial charge is 0.110 e. The minimum Gasteiger partial charge on any atom is -0.390 e. The monoisotopic (exact) mass is 326 g/mol. The van der Waals surface area contributed by atoms with Crippen LogP contribution >= 0.6 is 0 Å². The zero-order valence-electron chi connectivity index (χ0n) is 14.2. The summed E-state index contributed by atoms with van der Waals surface area (Å²) >= 11 is 0. The van der Waals surface area contributed by atoms with Crippen LogP contribution in [-0.2, 0) is 22.7 Å². The first-order chi connectivity index (χ1) is 11.7. The molecule has 1 fully saturated rings. The Morgan fingerprint density at radius 1 is 0.833 bits per heavy atom. The predicted molar refractivity (Wildman–Crippen MR) is 94.4 cm³/mol. The highest BCUT2D eigenvalue weighted by Gasteiger charge is 2.37. The Labute approximate surface area is 144 Å². The molecule has 0 saturated heterocycles. The van der Waals surface area contributed by atoms with Gasteiger partial charge < -0.3 is 14.6 Å². The second-order valence-electron chi connectivity index (χ2n) is 6.74. The van der Waals surface area contributed by atoms with Crippen LogP contribution in [0.15, 0.2) is 60.7 Å². The Hall–Kier alpha value is -1.68. The minimum atomic E-state index is -0.474. The molecule has 0 bridgehead atoms. The van der Waals surface area contributed by atoms with Gasteiger partial charge in [-0.2, -0.15) is 0 Å². The lowest BCUT2D eigenvalue weighted by Crippen LogP contribution is -2.46. The van der Waals surface area contributed by atoms with Crippen molar-refractivity contribution in [3.05, 3.63) is 71.8 Å². The molecule has 128 valence electrons. The average molecular weight is 326 g/mol. The van der Waals surface area contributed by atoms with E-state index in [-0.39, 0.29) is 12.2 Å². The van der Waals surface area contributed by atoms with E-state index in [0.717, 1.165) is 24.0 Å². The van der Waals surface area contributed by atoms with Crippen LogP contribution in [0, 0.1) is 5.92 Å². The lowest BCUT2D eigenvalue weighted by Gasteiger charge is -2.38. The maximum absolute atomic E-state index is 10.5. The van der Waals surface area contributed by atoms with Gasteiger partial charge in [0.2, 0.25) is 0 Å². The van der Waals surface area contributed by atoms with E-state index in [1.54, 1.807) is 0 Å². The topological polar surface area (TPSA) is 38.7 Å². The van der Waals surface area contributed by atoms with Crippen LogP contribution in [0.4, 0.5) is 0 Å². The van der Waals surface area contributed by atoms with Gasteiger partial charge in [-0.05, 0) is 29.9 Å². The molecule has 1 aliphatic rings. The summed E-state index contributed by atoms with van der Waals surface area (Å²) in [6.45, 7) is 3.22. The fraction of sp³-hybridized carbons (Fsp3) is 0.429. The quantitative estimate of drug-likeness (QED) is 0.873. The summed E-state index contributed by atoms with van der Waals surface area (Å²) in [6, 6.07) is 20.2. The third-order valence-corrected chi connectivity index (χ3v) is 4.62. The summed E-state index contributed by atoms with van der Waals surface area (Å²) in [5, 5.41) is 10.5. The first-order valence-corrected chi connectivity index (χ1v) is 8.71. The summed E-state index contributed by atoms with van der Waals surface area (Å²) < 4.78 is 12.2. The maximum Gasteiger partial charge on any atom is 0.110 e. The number of aliphatic hydroxyl groups excluding tert-OH is 1. The molecule has 24 heavy (non-hydrogen) atoms. The van der Waals surface area contributed by atoms with E-state index in [0.29, 0.717) is 19.1 Å². The lowest BCUT2D eigenvalue weighted by atomic mass is 9.84. The van der Waals surface area contributed by atoms with Crippen LogP contribution < -0.4 is 0 Å². The van der Waals surface area contributed by atoms with Crippen molar-refractivity contribution in [1.82, 2.24) is 0 Å². The molecule has 0 aromatic heterocycles. The Morgan fingerprint density at radius 3 is 1.96 bits per heavy atom. The molecule has 1 aliphatic carbocycles. The van der Waals surface area contributed by atoms with Crippen molar-refractivity contribution in [2.24, 2.45) is 5.92 Å². The molecule has 0 amide bonds. The van der Waals surface area contributed by atoms with Crippen molar-refractivity contribution in [3.63, 3.8) is 0 Å². The molecule has 3 nitrogen and oxygen atoms in total. The summed E-state index contributed by atoms with van der Waals surface area (Å²) in [5.74, 6) is 0.442. The fourth-order valence-electron chi connectivity index (χ4n) is 3.35. The minimum absolute atomic E-state index is 0.0762. The Kier molecular flexibility index (Phi) is 6.02. The number of hydrogen-bond donors (Lipinski definition) is 1. The third-order valence-electron chi connectivity index (χ3n) is 4.62. The van der Waals surface area contributed by atoms with Crippen LogP contribution in [0.2, 0.25) is 0 Å². The highest BCUT2D eigenvalue weighted by molar-refractivity contribution is 5.14. The van der Waals surface area contributed by atoms with Crippen molar-refractivity contribution in [2.45, 2.75) is 51.3 Å². The second-order valence-corrected chi connectivity index (χ2v) is 6.74. The van der Waals surface area contributed by atoms with Gasteiger partial charge in [-0.3, -0.25) is 0 Å². The molecule has 1 N–H and O–H groups in total. The van der Waals surface area contributed by atoms with Crippen molar-refractivity contribution < 1.29 is 14.6 Å². The zero-order valence-corrected chi connectivity index (χ0v) is 14.2. The predicted octanol–water partition coefficient (Wildman–Crippen LogP) is 3.95. The number of hydrogen-bond acceptors (Lipinski definition) is 3. The fourth-order valence-corrected chi connectivity index (χ4v) is 3.35.